The van der Waals surface area contributed by atoms with Crippen molar-refractivity contribution in [1.82, 2.24) is 20.2 Å². The van der Waals surface area contributed by atoms with Gasteiger partial charge in [-0.05, 0) is 30.2 Å². The van der Waals surface area contributed by atoms with Crippen molar-refractivity contribution in [3.8, 4) is 11.3 Å². The van der Waals surface area contributed by atoms with Gasteiger partial charge in [0.15, 0.2) is 0 Å². The van der Waals surface area contributed by atoms with E-state index in [1.54, 1.807) is 0 Å². The Morgan fingerprint density at radius 2 is 1.73 bits per heavy atom. The summed E-state index contributed by atoms with van der Waals surface area (Å²) in [7, 11) is 0. The van der Waals surface area contributed by atoms with Gasteiger partial charge in [-0.1, -0.05) is 87.9 Å². The fourth-order valence-corrected chi connectivity index (χ4v) is 5.09. The summed E-state index contributed by atoms with van der Waals surface area (Å²) in [4.78, 5) is 30.5. The van der Waals surface area contributed by atoms with Crippen molar-refractivity contribution < 1.29 is 9.59 Å². The Morgan fingerprint density at radius 3 is 2.38 bits per heavy atom. The highest BCUT2D eigenvalue weighted by Gasteiger charge is 2.35. The zero-order chi connectivity index (χ0) is 26.4. The molecule has 37 heavy (non-hydrogen) atoms. The standard InChI is InChI=1S/C30H39N5O2/c1-30(2,3)27(34-29(37)23-15-10-16-24(17-23)32-26(36)18-31)28-33-25(22-13-8-5-9-14-22)20-35(28)19-21-11-6-4-7-12-21/h4-9,11-14,20,23-24,27H,10,15-19,31H2,1-3H3,(H,32,36)(H,34,37)/t23-,24?,27-/m0/s1. The molecule has 4 N–H and O–H groups in total. The highest BCUT2D eigenvalue weighted by atomic mass is 16.2. The third-order valence-corrected chi connectivity index (χ3v) is 7.08. The number of nitrogens with one attached hydrogen (secondary N) is 2. The van der Waals surface area contributed by atoms with Crippen molar-refractivity contribution in [2.24, 2.45) is 17.1 Å². The number of hydrogen-bond donors (Lipinski definition) is 3. The van der Waals surface area contributed by atoms with Gasteiger partial charge in [0.2, 0.25) is 11.8 Å². The second-order valence-corrected chi connectivity index (χ2v) is 11.1. The van der Waals surface area contributed by atoms with Gasteiger partial charge < -0.3 is 20.9 Å². The van der Waals surface area contributed by atoms with E-state index in [1.807, 2.05) is 36.4 Å². The van der Waals surface area contributed by atoms with Crippen molar-refractivity contribution in [2.45, 2.75) is 65.1 Å². The maximum atomic E-state index is 13.6. The van der Waals surface area contributed by atoms with E-state index in [9.17, 15) is 9.59 Å². The molecular weight excluding hydrogens is 462 g/mol. The van der Waals surface area contributed by atoms with Gasteiger partial charge in [0, 0.05) is 30.3 Å². The molecule has 1 fully saturated rings. The van der Waals surface area contributed by atoms with Crippen LogP contribution in [0.3, 0.4) is 0 Å². The first-order valence-electron chi connectivity index (χ1n) is 13.2. The first-order valence-corrected chi connectivity index (χ1v) is 13.2. The van der Waals surface area contributed by atoms with Gasteiger partial charge in [0.05, 0.1) is 18.3 Å². The normalized spacial score (nSPS) is 18.7. The van der Waals surface area contributed by atoms with Crippen molar-refractivity contribution in [3.05, 3.63) is 78.2 Å². The van der Waals surface area contributed by atoms with Gasteiger partial charge in [-0.15, -0.1) is 0 Å². The predicted molar refractivity (Wildman–Crippen MR) is 146 cm³/mol. The molecule has 1 aromatic heterocycles. The van der Waals surface area contributed by atoms with E-state index in [1.165, 1.54) is 5.56 Å². The Bertz CT molecular complexity index is 1180. The number of nitrogens with two attached hydrogens (primary N) is 1. The van der Waals surface area contributed by atoms with Crippen molar-refractivity contribution in [1.29, 1.82) is 0 Å². The highest BCUT2D eigenvalue weighted by Crippen LogP contribution is 2.35. The van der Waals surface area contributed by atoms with Crippen LogP contribution in [0.15, 0.2) is 66.9 Å². The van der Waals surface area contributed by atoms with E-state index in [0.29, 0.717) is 13.0 Å². The Kier molecular flexibility index (Phi) is 8.44. The van der Waals surface area contributed by atoms with Crippen molar-refractivity contribution >= 4 is 11.8 Å². The minimum Gasteiger partial charge on any atom is -0.352 e. The molecule has 1 unspecified atom stereocenters. The topological polar surface area (TPSA) is 102 Å². The number of imidazole rings is 1. The van der Waals surface area contributed by atoms with E-state index in [4.69, 9.17) is 10.7 Å². The zero-order valence-electron chi connectivity index (χ0n) is 22.1. The van der Waals surface area contributed by atoms with E-state index in [0.717, 1.165) is 36.3 Å². The van der Waals surface area contributed by atoms with Gasteiger partial charge in [-0.2, -0.15) is 0 Å². The van der Waals surface area contributed by atoms with Crippen LogP contribution in [-0.4, -0.2) is 34.0 Å². The summed E-state index contributed by atoms with van der Waals surface area (Å²) in [6.07, 6.45) is 5.30. The van der Waals surface area contributed by atoms with Crippen molar-refractivity contribution in [2.75, 3.05) is 6.54 Å². The lowest BCUT2D eigenvalue weighted by Gasteiger charge is -2.34. The monoisotopic (exact) mass is 501 g/mol. The molecule has 2 amide bonds. The number of rotatable bonds is 8. The maximum absolute atomic E-state index is 13.6. The first kappa shape index (κ1) is 26.6. The van der Waals surface area contributed by atoms with Crippen LogP contribution in [-0.2, 0) is 16.1 Å². The van der Waals surface area contributed by atoms with Crippen LogP contribution in [0.2, 0.25) is 0 Å². The molecule has 4 rings (SSSR count). The van der Waals surface area contributed by atoms with Crippen LogP contribution in [0.1, 0.15) is 63.9 Å². The van der Waals surface area contributed by atoms with Crippen LogP contribution in [0.25, 0.3) is 11.3 Å². The Hall–Kier alpha value is -3.45. The molecule has 7 heteroatoms. The third kappa shape index (κ3) is 6.86. The van der Waals surface area contributed by atoms with E-state index >= 15 is 0 Å². The summed E-state index contributed by atoms with van der Waals surface area (Å²) < 4.78 is 2.17. The van der Waals surface area contributed by atoms with Gasteiger partial charge in [-0.3, -0.25) is 9.59 Å². The molecule has 2 aromatic carbocycles. The zero-order valence-corrected chi connectivity index (χ0v) is 22.1. The molecule has 0 bridgehead atoms. The van der Waals surface area contributed by atoms with Crippen LogP contribution < -0.4 is 16.4 Å². The fourth-order valence-electron chi connectivity index (χ4n) is 5.09. The summed E-state index contributed by atoms with van der Waals surface area (Å²) in [5.41, 5.74) is 8.30. The number of carbonyl (C=O) groups is 2. The number of benzene rings is 2. The van der Waals surface area contributed by atoms with E-state index in [-0.39, 0.29) is 41.8 Å². The fraction of sp³-hybridized carbons (Fsp3) is 0.433. The van der Waals surface area contributed by atoms with Crippen LogP contribution in [0.5, 0.6) is 0 Å². The lowest BCUT2D eigenvalue weighted by molar-refractivity contribution is -0.129. The molecule has 0 aliphatic heterocycles. The molecule has 0 radical (unpaired) electrons. The number of amides is 2. The number of aromatic nitrogens is 2. The summed E-state index contributed by atoms with van der Waals surface area (Å²) >= 11 is 0. The Morgan fingerprint density at radius 1 is 1.05 bits per heavy atom. The summed E-state index contributed by atoms with van der Waals surface area (Å²) in [5.74, 6) is 0.525. The SMILES string of the molecule is CC(C)(C)[C@@H](NC(=O)[C@H]1CCCC(NC(=O)CN)C1)c1nc(-c2ccccc2)cn1Cc1ccccc1. The Balaban J connectivity index is 1.63. The molecule has 1 saturated carbocycles. The predicted octanol–water partition coefficient (Wildman–Crippen LogP) is 4.44. The molecule has 1 heterocycles. The first-order chi connectivity index (χ1) is 17.7. The number of nitrogens with zero attached hydrogens (tertiary/aromatic N) is 2. The quantitative estimate of drug-likeness (QED) is 0.425. The van der Waals surface area contributed by atoms with Crippen LogP contribution in [0.4, 0.5) is 0 Å². The summed E-state index contributed by atoms with van der Waals surface area (Å²) in [5, 5.41) is 6.33. The smallest absolute Gasteiger partial charge is 0.233 e. The molecule has 0 spiro atoms. The third-order valence-electron chi connectivity index (χ3n) is 7.08. The molecule has 3 atom stereocenters. The van der Waals surface area contributed by atoms with Gasteiger partial charge in [0.25, 0.3) is 0 Å². The largest absolute Gasteiger partial charge is 0.352 e. The lowest BCUT2D eigenvalue weighted by atomic mass is 9.82. The summed E-state index contributed by atoms with van der Waals surface area (Å²) in [6.45, 7) is 7.02. The maximum Gasteiger partial charge on any atom is 0.233 e. The van der Waals surface area contributed by atoms with E-state index < -0.39 is 0 Å². The average Bonchev–Trinajstić information content (AvgIpc) is 3.30. The van der Waals surface area contributed by atoms with Crippen LogP contribution >= 0.6 is 0 Å². The Labute approximate surface area is 219 Å². The van der Waals surface area contributed by atoms with Gasteiger partial charge >= 0.3 is 0 Å². The molecule has 196 valence electrons. The average molecular weight is 502 g/mol. The lowest BCUT2D eigenvalue weighted by Crippen LogP contribution is -2.46. The minimum atomic E-state index is -0.291. The van der Waals surface area contributed by atoms with E-state index in [2.05, 4.69) is 66.4 Å². The minimum absolute atomic E-state index is 0.0154. The van der Waals surface area contributed by atoms with Gasteiger partial charge in [-0.25, -0.2) is 4.98 Å². The molecule has 1 aliphatic carbocycles. The molecule has 3 aromatic rings. The van der Waals surface area contributed by atoms with Gasteiger partial charge in [0.1, 0.15) is 5.82 Å². The molecule has 7 nitrogen and oxygen atoms in total. The van der Waals surface area contributed by atoms with Crippen molar-refractivity contribution in [3.63, 3.8) is 0 Å². The second kappa shape index (κ2) is 11.7. The molecule has 0 saturated heterocycles. The molecular formula is C30H39N5O2. The second-order valence-electron chi connectivity index (χ2n) is 11.1. The highest BCUT2D eigenvalue weighted by molar-refractivity contribution is 5.80. The summed E-state index contributed by atoms with van der Waals surface area (Å²) in [6, 6.07) is 20.1. The van der Waals surface area contributed by atoms with Crippen LogP contribution in [0, 0.1) is 11.3 Å². The number of carbonyl (C=O) groups excluding carboxylic acids is 2. The molecule has 1 aliphatic rings. The number of hydrogen-bond acceptors (Lipinski definition) is 4.